The molecule has 0 unspecified atom stereocenters. The van der Waals surface area contributed by atoms with Crippen LogP contribution in [-0.2, 0) is 9.47 Å². The van der Waals surface area contributed by atoms with E-state index in [1.807, 2.05) is 6.92 Å². The first-order chi connectivity index (χ1) is 7.11. The number of halogens is 1. The van der Waals surface area contributed by atoms with Gasteiger partial charge in [0.05, 0.1) is 6.10 Å². The number of hydrogen-bond acceptors (Lipinski definition) is 3. The van der Waals surface area contributed by atoms with Gasteiger partial charge < -0.3 is 14.6 Å². The zero-order valence-electron chi connectivity index (χ0n) is 9.65. The van der Waals surface area contributed by atoms with Gasteiger partial charge in [-0.1, -0.05) is 36.4 Å². The van der Waals surface area contributed by atoms with Crippen molar-refractivity contribution in [3.05, 3.63) is 0 Å². The van der Waals surface area contributed by atoms with Crippen molar-refractivity contribution in [2.45, 2.75) is 30.3 Å². The molecule has 5 atom stereocenters. The maximum Gasteiger partial charge on any atom is 0.146 e. The van der Waals surface area contributed by atoms with Crippen LogP contribution in [0.25, 0.3) is 0 Å². The normalized spacial score (nSPS) is 31.0. The molecule has 1 aliphatic rings. The van der Waals surface area contributed by atoms with Gasteiger partial charge in [-0.05, 0) is 18.3 Å². The second kappa shape index (κ2) is 6.37. The maximum absolute atomic E-state index is 9.20. The Kier molecular flexibility index (Phi) is 5.81. The molecule has 4 heteroatoms. The molecular weight excluding hydrogens is 307 g/mol. The molecule has 1 N–H and O–H groups in total. The fourth-order valence-corrected chi connectivity index (χ4v) is 3.30. The lowest BCUT2D eigenvalue weighted by Gasteiger charge is -2.28. The molecule has 0 radical (unpaired) electrons. The van der Waals surface area contributed by atoms with Crippen molar-refractivity contribution >= 4 is 22.6 Å². The van der Waals surface area contributed by atoms with Gasteiger partial charge in [-0.15, -0.1) is 0 Å². The number of alkyl halides is 1. The average molecular weight is 328 g/mol. The molecule has 1 aliphatic carbocycles. The van der Waals surface area contributed by atoms with Gasteiger partial charge in [0.2, 0.25) is 0 Å². The molecule has 0 heterocycles. The van der Waals surface area contributed by atoms with Gasteiger partial charge in [0.1, 0.15) is 6.79 Å². The standard InChI is InChI=1S/C11H21IO3/c1-7(5-13)11(15-6-14-3)8(2)9-4-10(9)12/h7-11,13H,4-6H2,1-3H3/t7-,8-,9+,10+,11-/m0/s1. The van der Waals surface area contributed by atoms with E-state index >= 15 is 0 Å². The van der Waals surface area contributed by atoms with Gasteiger partial charge >= 0.3 is 0 Å². The van der Waals surface area contributed by atoms with E-state index in [0.717, 1.165) is 9.84 Å². The number of ether oxygens (including phenoxy) is 2. The Bertz CT molecular complexity index is 189. The summed E-state index contributed by atoms with van der Waals surface area (Å²) in [7, 11) is 1.63. The smallest absolute Gasteiger partial charge is 0.146 e. The minimum Gasteiger partial charge on any atom is -0.396 e. The van der Waals surface area contributed by atoms with E-state index in [9.17, 15) is 5.11 Å². The van der Waals surface area contributed by atoms with Crippen LogP contribution < -0.4 is 0 Å². The summed E-state index contributed by atoms with van der Waals surface area (Å²) in [6.07, 6.45) is 1.40. The highest BCUT2D eigenvalue weighted by atomic mass is 127. The SMILES string of the molecule is COCO[C@H]([C@@H](C)[C@H]1C[C@H]1I)[C@@H](C)CO. The summed E-state index contributed by atoms with van der Waals surface area (Å²) in [6, 6.07) is 0. The summed E-state index contributed by atoms with van der Waals surface area (Å²) < 4.78 is 11.4. The number of methoxy groups -OCH3 is 1. The van der Waals surface area contributed by atoms with Crippen molar-refractivity contribution in [2.75, 3.05) is 20.5 Å². The fraction of sp³-hybridized carbons (Fsp3) is 1.00. The van der Waals surface area contributed by atoms with Gasteiger partial charge in [-0.25, -0.2) is 0 Å². The molecule has 0 saturated heterocycles. The lowest BCUT2D eigenvalue weighted by atomic mass is 9.90. The van der Waals surface area contributed by atoms with Gasteiger partial charge in [0.15, 0.2) is 0 Å². The van der Waals surface area contributed by atoms with E-state index in [0.29, 0.717) is 12.7 Å². The maximum atomic E-state index is 9.20. The highest BCUT2D eigenvalue weighted by Gasteiger charge is 2.43. The van der Waals surface area contributed by atoms with Crippen molar-refractivity contribution in [1.82, 2.24) is 0 Å². The molecular formula is C11H21IO3. The Morgan fingerprint density at radius 2 is 2.07 bits per heavy atom. The van der Waals surface area contributed by atoms with Crippen LogP contribution in [0.3, 0.4) is 0 Å². The molecule has 0 aliphatic heterocycles. The van der Waals surface area contributed by atoms with Crippen LogP contribution in [0.5, 0.6) is 0 Å². The van der Waals surface area contributed by atoms with Crippen molar-refractivity contribution in [1.29, 1.82) is 0 Å². The van der Waals surface area contributed by atoms with Crippen molar-refractivity contribution in [3.63, 3.8) is 0 Å². The van der Waals surface area contributed by atoms with E-state index in [-0.39, 0.29) is 18.6 Å². The van der Waals surface area contributed by atoms with Gasteiger partial charge in [0, 0.05) is 23.6 Å². The fourth-order valence-electron chi connectivity index (χ4n) is 2.05. The molecule has 15 heavy (non-hydrogen) atoms. The van der Waals surface area contributed by atoms with Crippen LogP contribution in [0.2, 0.25) is 0 Å². The van der Waals surface area contributed by atoms with Gasteiger partial charge in [-0.2, -0.15) is 0 Å². The van der Waals surface area contributed by atoms with Crippen LogP contribution in [0, 0.1) is 17.8 Å². The first-order valence-corrected chi connectivity index (χ1v) is 6.71. The van der Waals surface area contributed by atoms with Crippen molar-refractivity contribution in [3.8, 4) is 0 Å². The third-order valence-electron chi connectivity index (χ3n) is 3.18. The summed E-state index contributed by atoms with van der Waals surface area (Å²) in [4.78, 5) is 0. The number of hydrogen-bond donors (Lipinski definition) is 1. The summed E-state index contributed by atoms with van der Waals surface area (Å²) >= 11 is 2.49. The van der Waals surface area contributed by atoms with Crippen LogP contribution in [0.1, 0.15) is 20.3 Å². The monoisotopic (exact) mass is 328 g/mol. The number of rotatable bonds is 7. The minimum atomic E-state index is 0.111. The predicted octanol–water partition coefficient (Wildman–Crippen LogP) is 2.06. The average Bonchev–Trinajstić information content (AvgIpc) is 2.95. The highest BCUT2D eigenvalue weighted by molar-refractivity contribution is 14.1. The van der Waals surface area contributed by atoms with E-state index in [1.54, 1.807) is 7.11 Å². The minimum absolute atomic E-state index is 0.111. The quantitative estimate of drug-likeness (QED) is 0.442. The molecule has 1 rings (SSSR count). The Hall–Kier alpha value is 0.610. The molecule has 1 saturated carbocycles. The summed E-state index contributed by atoms with van der Waals surface area (Å²) in [5.74, 6) is 1.44. The van der Waals surface area contributed by atoms with E-state index in [4.69, 9.17) is 9.47 Å². The van der Waals surface area contributed by atoms with E-state index in [1.165, 1.54) is 6.42 Å². The Morgan fingerprint density at radius 1 is 1.47 bits per heavy atom. The highest BCUT2D eigenvalue weighted by Crippen LogP contribution is 2.46. The topological polar surface area (TPSA) is 38.7 Å². The molecule has 0 spiro atoms. The van der Waals surface area contributed by atoms with Crippen LogP contribution in [-0.4, -0.2) is 35.6 Å². The molecule has 1 fully saturated rings. The van der Waals surface area contributed by atoms with E-state index in [2.05, 4.69) is 29.5 Å². The molecule has 3 nitrogen and oxygen atoms in total. The van der Waals surface area contributed by atoms with Crippen LogP contribution >= 0.6 is 22.6 Å². The predicted molar refractivity (Wildman–Crippen MR) is 68.1 cm³/mol. The van der Waals surface area contributed by atoms with Gasteiger partial charge in [-0.3, -0.25) is 0 Å². The lowest BCUT2D eigenvalue weighted by molar-refractivity contribution is -0.116. The first kappa shape index (κ1) is 13.7. The number of aliphatic hydroxyl groups is 1. The summed E-state index contributed by atoms with van der Waals surface area (Å²) in [5, 5.41) is 9.20. The van der Waals surface area contributed by atoms with Crippen molar-refractivity contribution in [2.24, 2.45) is 17.8 Å². The van der Waals surface area contributed by atoms with Crippen LogP contribution in [0.4, 0.5) is 0 Å². The second-order valence-corrected chi connectivity index (χ2v) is 6.07. The third-order valence-corrected chi connectivity index (χ3v) is 4.61. The summed E-state index contributed by atoms with van der Waals surface area (Å²) in [5.41, 5.74) is 0. The summed E-state index contributed by atoms with van der Waals surface area (Å²) in [6.45, 7) is 4.74. The Labute approximate surface area is 106 Å². The Morgan fingerprint density at radius 3 is 2.47 bits per heavy atom. The van der Waals surface area contributed by atoms with Gasteiger partial charge in [0.25, 0.3) is 0 Å². The van der Waals surface area contributed by atoms with Crippen molar-refractivity contribution < 1.29 is 14.6 Å². The van der Waals surface area contributed by atoms with E-state index < -0.39 is 0 Å². The molecule has 0 bridgehead atoms. The third kappa shape index (κ3) is 3.84. The zero-order valence-corrected chi connectivity index (χ0v) is 11.8. The number of aliphatic hydroxyl groups excluding tert-OH is 1. The zero-order chi connectivity index (χ0) is 11.4. The molecule has 90 valence electrons. The largest absolute Gasteiger partial charge is 0.396 e. The second-order valence-electron chi connectivity index (χ2n) is 4.47. The Balaban J connectivity index is 2.46. The van der Waals surface area contributed by atoms with Crippen LogP contribution in [0.15, 0.2) is 0 Å². The molecule has 0 aromatic carbocycles. The first-order valence-electron chi connectivity index (χ1n) is 5.47. The molecule has 0 aromatic rings. The molecule has 0 amide bonds. The lowest BCUT2D eigenvalue weighted by Crippen LogP contribution is -2.33. The molecule has 0 aromatic heterocycles.